The summed E-state index contributed by atoms with van der Waals surface area (Å²) in [5.41, 5.74) is 44.1. The molecule has 0 aromatic heterocycles. The van der Waals surface area contributed by atoms with Gasteiger partial charge < -0.3 is 10.0 Å². The first-order chi connectivity index (χ1) is 51.3. The van der Waals surface area contributed by atoms with Crippen LogP contribution in [0.3, 0.4) is 0 Å². The Labute approximate surface area is 613 Å². The third-order valence-corrected chi connectivity index (χ3v) is 25.1. The molecule has 0 saturated carbocycles. The summed E-state index contributed by atoms with van der Waals surface area (Å²) < 4.78 is 1.13. The third-order valence-electron chi connectivity index (χ3n) is 24.6. The summed E-state index contributed by atoms with van der Waals surface area (Å²) in [5, 5.41) is 19.7. The second kappa shape index (κ2) is 22.0. The zero-order valence-electron chi connectivity index (χ0n) is 56.5. The normalized spacial score (nSPS) is 14.8. The van der Waals surface area contributed by atoms with Crippen molar-refractivity contribution < 1.29 is 10.0 Å². The van der Waals surface area contributed by atoms with Crippen LogP contribution in [0.1, 0.15) is 89.0 Å². The van der Waals surface area contributed by atoms with Gasteiger partial charge >= 0.3 is 7.12 Å². The summed E-state index contributed by atoms with van der Waals surface area (Å²) in [5.74, 6) is 0. The van der Waals surface area contributed by atoms with Crippen LogP contribution in [-0.2, 0) is 21.7 Å². The maximum absolute atomic E-state index is 9.85. The van der Waals surface area contributed by atoms with Crippen LogP contribution in [0.2, 0.25) is 0 Å². The molecule has 0 radical (unpaired) electrons. The monoisotopic (exact) mass is 1380 g/mol. The van der Waals surface area contributed by atoms with E-state index in [0.717, 1.165) is 15.6 Å². The Bertz CT molecular complexity index is 5960. The van der Waals surface area contributed by atoms with E-state index in [2.05, 4.69) is 362 Å². The van der Waals surface area contributed by atoms with Crippen molar-refractivity contribution in [1.82, 2.24) is 0 Å². The van der Waals surface area contributed by atoms with Crippen LogP contribution in [0.25, 0.3) is 100 Å². The van der Waals surface area contributed by atoms with Crippen LogP contribution in [0.4, 0.5) is 0 Å². The number of hydrogen-bond acceptors (Lipinski definition) is 2. The number of benzene rings is 16. The van der Waals surface area contributed by atoms with Gasteiger partial charge in [0.1, 0.15) is 0 Å². The SMILES string of the molecule is Brc1ccc2c(c1)C1(c3ccccc3-c3ccccc31)c1ccccc1-2.OB(O)c1ccc2c(c1)C1(c3ccccc3-c3ccccc31)c1ccccc1-2.c1ccc2c(c1)-c1ccccc1C21c2ccccc2-c2ccc(-c3ccc4c(c3)C3(c5ccccc5-c5ccccc53)c3ccccc3-4)cc21. The van der Waals surface area contributed by atoms with E-state index >= 15 is 0 Å². The van der Waals surface area contributed by atoms with Gasteiger partial charge in [-0.3, -0.25) is 0 Å². The van der Waals surface area contributed by atoms with Gasteiger partial charge in [-0.15, -0.1) is 0 Å². The molecule has 2 nitrogen and oxygen atoms in total. The first-order valence-corrected chi connectivity index (χ1v) is 36.9. The van der Waals surface area contributed by atoms with E-state index in [1.807, 2.05) is 18.2 Å². The second-order valence-corrected chi connectivity index (χ2v) is 29.9. The number of halogens is 1. The zero-order chi connectivity index (χ0) is 68.8. The lowest BCUT2D eigenvalue weighted by Crippen LogP contribution is -2.32. The fraction of sp³-hybridized carbons (Fsp3) is 0.0400. The van der Waals surface area contributed by atoms with Crippen molar-refractivity contribution in [2.24, 2.45) is 0 Å². The molecule has 0 atom stereocenters. The Balaban J connectivity index is 0.000000107. The molecule has 16 aromatic rings. The van der Waals surface area contributed by atoms with E-state index in [4.69, 9.17) is 0 Å². The van der Waals surface area contributed by atoms with E-state index in [9.17, 15) is 10.0 Å². The van der Waals surface area contributed by atoms with Gasteiger partial charge in [0.15, 0.2) is 0 Å². The number of hydrogen-bond donors (Lipinski definition) is 2. The van der Waals surface area contributed by atoms with Crippen LogP contribution in [-0.4, -0.2) is 17.2 Å². The predicted molar refractivity (Wildman–Crippen MR) is 427 cm³/mol. The van der Waals surface area contributed by atoms with Gasteiger partial charge in [-0.1, -0.05) is 356 Å². The molecule has 484 valence electrons. The van der Waals surface area contributed by atoms with Crippen LogP contribution in [0.15, 0.2) is 368 Å². The molecule has 104 heavy (non-hydrogen) atoms. The Morgan fingerprint density at radius 1 is 0.173 bits per heavy atom. The van der Waals surface area contributed by atoms with Gasteiger partial charge in [0.2, 0.25) is 0 Å². The largest absolute Gasteiger partial charge is 0.488 e. The highest BCUT2D eigenvalue weighted by Crippen LogP contribution is 2.68. The van der Waals surface area contributed by atoms with E-state index < -0.39 is 12.5 Å². The molecule has 0 saturated heterocycles. The van der Waals surface area contributed by atoms with Crippen molar-refractivity contribution in [2.45, 2.75) is 21.7 Å². The average Bonchev–Trinajstić information content (AvgIpc) is 1.54. The topological polar surface area (TPSA) is 40.5 Å². The van der Waals surface area contributed by atoms with Crippen LogP contribution in [0, 0.1) is 0 Å². The molecule has 0 bridgehead atoms. The van der Waals surface area contributed by atoms with E-state index in [-0.39, 0.29) is 16.2 Å². The zero-order valence-corrected chi connectivity index (χ0v) is 58.1. The molecule has 0 unspecified atom stereocenters. The van der Waals surface area contributed by atoms with E-state index in [1.54, 1.807) is 0 Å². The first-order valence-electron chi connectivity index (χ1n) is 36.1. The van der Waals surface area contributed by atoms with Crippen LogP contribution >= 0.6 is 15.9 Å². The Morgan fingerprint density at radius 3 is 0.567 bits per heavy atom. The second-order valence-electron chi connectivity index (χ2n) is 28.9. The lowest BCUT2D eigenvalue weighted by molar-refractivity contribution is 0.425. The molecule has 4 heteroatoms. The van der Waals surface area contributed by atoms with Crippen molar-refractivity contribution in [2.75, 3.05) is 0 Å². The van der Waals surface area contributed by atoms with Gasteiger partial charge in [0.05, 0.1) is 21.7 Å². The van der Waals surface area contributed by atoms with Crippen molar-refractivity contribution in [3.63, 3.8) is 0 Å². The molecule has 0 fully saturated rings. The van der Waals surface area contributed by atoms with Gasteiger partial charge in [0, 0.05) is 4.47 Å². The molecule has 0 amide bonds. The van der Waals surface area contributed by atoms with Crippen LogP contribution < -0.4 is 5.46 Å². The molecule has 8 aliphatic rings. The Kier molecular flexibility index (Phi) is 12.6. The molecule has 8 aliphatic carbocycles. The molecular formula is C100H62BBrO2. The molecule has 4 spiro atoms. The number of fused-ring (bicyclic) bond motifs is 40. The van der Waals surface area contributed by atoms with Gasteiger partial charge in [-0.05, 0) is 219 Å². The van der Waals surface area contributed by atoms with Crippen molar-refractivity contribution in [3.05, 3.63) is 457 Å². The minimum Gasteiger partial charge on any atom is -0.423 e. The minimum absolute atomic E-state index is 0.219. The fourth-order valence-corrected chi connectivity index (χ4v) is 21.3. The van der Waals surface area contributed by atoms with Gasteiger partial charge in [-0.2, -0.15) is 0 Å². The first kappa shape index (κ1) is 59.7. The number of rotatable bonds is 2. The van der Waals surface area contributed by atoms with E-state index in [1.165, 1.54) is 178 Å². The maximum atomic E-state index is 9.85. The summed E-state index contributed by atoms with van der Waals surface area (Å²) >= 11 is 3.72. The molecular weight excluding hydrogens is 1320 g/mol. The van der Waals surface area contributed by atoms with Gasteiger partial charge in [0.25, 0.3) is 0 Å². The standard InChI is InChI=1S/C50H30.C25H17BO2.C25H15Br/c1-7-19-41-33(13-1)34-14-2-8-20-42(34)49(41)45-23-11-5-17-37(45)39-27-25-31(29-47(39)49)32-26-28-40-38-18-6-12-24-46(38)50(48(40)30-32)43-21-9-3-15-35(43)36-16-4-10-22-44(36)50;27-26(28)16-13-14-20-19-9-3-6-12-23(19)25(24(20)15-16)21-10-4-1-7-17(21)18-8-2-5-11-22(18)25;26-16-13-14-20-19-9-3-6-12-23(19)25(24(20)15-16)21-10-4-1-7-17(21)18-8-2-5-11-22(18)25/h1-30H;1-15,27-28H;1-15H. The lowest BCUT2D eigenvalue weighted by Gasteiger charge is -2.31. The molecule has 16 aromatic carbocycles. The van der Waals surface area contributed by atoms with E-state index in [0.29, 0.717) is 5.46 Å². The summed E-state index contributed by atoms with van der Waals surface area (Å²) in [6.45, 7) is 0. The highest BCUT2D eigenvalue weighted by atomic mass is 79.9. The predicted octanol–water partition coefficient (Wildman–Crippen LogP) is 22.5. The van der Waals surface area contributed by atoms with Gasteiger partial charge in [-0.25, -0.2) is 0 Å². The summed E-state index contributed by atoms with van der Waals surface area (Å²) in [6.07, 6.45) is 0. The van der Waals surface area contributed by atoms with Crippen LogP contribution in [0.5, 0.6) is 0 Å². The summed E-state index contributed by atoms with van der Waals surface area (Å²) in [6, 6.07) is 134. The Morgan fingerprint density at radius 2 is 0.346 bits per heavy atom. The van der Waals surface area contributed by atoms with Crippen molar-refractivity contribution >= 4 is 28.5 Å². The summed E-state index contributed by atoms with van der Waals surface area (Å²) in [7, 11) is -1.49. The van der Waals surface area contributed by atoms with Crippen molar-refractivity contribution in [3.8, 4) is 100 Å². The Hall–Kier alpha value is -12.0. The molecule has 0 aliphatic heterocycles. The molecule has 0 heterocycles. The smallest absolute Gasteiger partial charge is 0.423 e. The maximum Gasteiger partial charge on any atom is 0.488 e. The summed E-state index contributed by atoms with van der Waals surface area (Å²) in [4.78, 5) is 0. The fourth-order valence-electron chi connectivity index (χ4n) is 20.9. The minimum atomic E-state index is -1.49. The molecule has 2 N–H and O–H groups in total. The third kappa shape index (κ3) is 7.51. The highest BCUT2D eigenvalue weighted by molar-refractivity contribution is 9.10. The average molecular weight is 1390 g/mol. The molecule has 24 rings (SSSR count). The highest BCUT2D eigenvalue weighted by Gasteiger charge is 2.56. The quantitative estimate of drug-likeness (QED) is 0.169. The van der Waals surface area contributed by atoms with Crippen molar-refractivity contribution in [1.29, 1.82) is 0 Å². The lowest BCUT2D eigenvalue weighted by atomic mass is 9.68.